The van der Waals surface area contributed by atoms with E-state index in [1.807, 2.05) is 0 Å². The second-order valence-electron chi connectivity index (χ2n) is 17.4. The van der Waals surface area contributed by atoms with Gasteiger partial charge in [0.05, 0.1) is 25.4 Å². The van der Waals surface area contributed by atoms with Crippen molar-refractivity contribution in [2.75, 3.05) is 13.2 Å². The number of hydrogen-bond donors (Lipinski definition) is 7. The smallest absolute Gasteiger partial charge is 0.249 e. The molecular formula is C49H93NO9. The van der Waals surface area contributed by atoms with Crippen molar-refractivity contribution in [1.29, 1.82) is 0 Å². The Labute approximate surface area is 361 Å². The summed E-state index contributed by atoms with van der Waals surface area (Å²) in [4.78, 5) is 13.1. The third kappa shape index (κ3) is 29.5. The van der Waals surface area contributed by atoms with Crippen molar-refractivity contribution in [3.05, 3.63) is 24.3 Å². The van der Waals surface area contributed by atoms with E-state index in [9.17, 15) is 35.4 Å². The molecule has 0 saturated carbocycles. The molecule has 1 saturated heterocycles. The molecule has 1 aliphatic heterocycles. The average molecular weight is 840 g/mol. The van der Waals surface area contributed by atoms with Crippen molar-refractivity contribution in [2.45, 2.75) is 268 Å². The summed E-state index contributed by atoms with van der Waals surface area (Å²) in [5.74, 6) is -0.587. The summed E-state index contributed by atoms with van der Waals surface area (Å²) in [5, 5.41) is 65.0. The Bertz CT molecular complexity index is 995. The van der Waals surface area contributed by atoms with E-state index in [-0.39, 0.29) is 6.61 Å². The molecular weight excluding hydrogens is 747 g/mol. The molecule has 8 atom stereocenters. The van der Waals surface area contributed by atoms with Gasteiger partial charge in [0.2, 0.25) is 5.91 Å². The van der Waals surface area contributed by atoms with Gasteiger partial charge in [-0.05, 0) is 38.5 Å². The molecule has 0 aliphatic carbocycles. The molecule has 1 aliphatic rings. The number of nitrogens with one attached hydrogen (secondary N) is 1. The molecule has 10 heteroatoms. The lowest BCUT2D eigenvalue weighted by atomic mass is 9.99. The molecule has 0 aromatic carbocycles. The molecule has 0 aromatic heterocycles. The molecule has 0 radical (unpaired) electrons. The van der Waals surface area contributed by atoms with Crippen LogP contribution in [0.25, 0.3) is 0 Å². The van der Waals surface area contributed by atoms with Crippen molar-refractivity contribution in [2.24, 2.45) is 0 Å². The SMILES string of the molecule is CCCCC/C=C\C=C/CCCCCCCCCCCC(O)C(=O)NC(COC1OC(CO)C(O)C(O)C1O)C(O)CCCCCCCCCCCCCCCCCC. The third-order valence-corrected chi connectivity index (χ3v) is 11.9. The van der Waals surface area contributed by atoms with Crippen LogP contribution in [0, 0.1) is 0 Å². The fraction of sp³-hybridized carbons (Fsp3) is 0.898. The van der Waals surface area contributed by atoms with Crippen molar-refractivity contribution in [3.8, 4) is 0 Å². The van der Waals surface area contributed by atoms with Crippen LogP contribution in [0.2, 0.25) is 0 Å². The monoisotopic (exact) mass is 840 g/mol. The van der Waals surface area contributed by atoms with Crippen LogP contribution in [0.15, 0.2) is 24.3 Å². The highest BCUT2D eigenvalue weighted by Crippen LogP contribution is 2.23. The highest BCUT2D eigenvalue weighted by atomic mass is 16.7. The van der Waals surface area contributed by atoms with Crippen LogP contribution >= 0.6 is 0 Å². The van der Waals surface area contributed by atoms with Gasteiger partial charge in [0, 0.05) is 0 Å². The second kappa shape index (κ2) is 39.5. The van der Waals surface area contributed by atoms with E-state index in [1.165, 1.54) is 135 Å². The highest BCUT2D eigenvalue weighted by Gasteiger charge is 2.44. The Kier molecular flexibility index (Phi) is 37.2. The van der Waals surface area contributed by atoms with Crippen LogP contribution in [-0.4, -0.2) is 98.7 Å². The Morgan fingerprint density at radius 3 is 1.46 bits per heavy atom. The predicted molar refractivity (Wildman–Crippen MR) is 241 cm³/mol. The number of rotatable bonds is 41. The molecule has 0 aromatic rings. The van der Waals surface area contributed by atoms with Crippen molar-refractivity contribution >= 4 is 5.91 Å². The Morgan fingerprint density at radius 2 is 0.983 bits per heavy atom. The van der Waals surface area contributed by atoms with Gasteiger partial charge >= 0.3 is 0 Å². The number of hydrogen-bond acceptors (Lipinski definition) is 9. The van der Waals surface area contributed by atoms with E-state index >= 15 is 0 Å². The van der Waals surface area contributed by atoms with Crippen LogP contribution in [0.1, 0.15) is 219 Å². The minimum absolute atomic E-state index is 0.256. The molecule has 1 rings (SSSR count). The Balaban J connectivity index is 2.35. The van der Waals surface area contributed by atoms with Gasteiger partial charge in [0.15, 0.2) is 6.29 Å². The van der Waals surface area contributed by atoms with Crippen molar-refractivity contribution < 1.29 is 44.9 Å². The van der Waals surface area contributed by atoms with E-state index in [0.717, 1.165) is 57.8 Å². The van der Waals surface area contributed by atoms with Gasteiger partial charge in [-0.15, -0.1) is 0 Å². The molecule has 10 nitrogen and oxygen atoms in total. The number of carbonyl (C=O) groups is 1. The normalized spacial score (nSPS) is 21.4. The molecule has 59 heavy (non-hydrogen) atoms. The second-order valence-corrected chi connectivity index (χ2v) is 17.4. The highest BCUT2D eigenvalue weighted by molar-refractivity contribution is 5.80. The molecule has 1 amide bonds. The number of aliphatic hydroxyl groups excluding tert-OH is 6. The Morgan fingerprint density at radius 1 is 0.576 bits per heavy atom. The number of carbonyl (C=O) groups excluding carboxylic acids is 1. The maximum absolute atomic E-state index is 13.1. The van der Waals surface area contributed by atoms with Gasteiger partial charge in [0.25, 0.3) is 0 Å². The molecule has 0 spiro atoms. The van der Waals surface area contributed by atoms with Gasteiger partial charge in [-0.3, -0.25) is 4.79 Å². The molecule has 8 unspecified atom stereocenters. The van der Waals surface area contributed by atoms with Crippen LogP contribution in [0.5, 0.6) is 0 Å². The maximum atomic E-state index is 13.1. The first kappa shape index (κ1) is 55.6. The first-order valence-electron chi connectivity index (χ1n) is 24.7. The van der Waals surface area contributed by atoms with E-state index in [0.29, 0.717) is 12.8 Å². The zero-order valence-corrected chi connectivity index (χ0v) is 37.9. The Hall–Kier alpha value is -1.37. The summed E-state index contributed by atoms with van der Waals surface area (Å²) in [6.07, 6.45) is 36.4. The average Bonchev–Trinajstić information content (AvgIpc) is 3.23. The maximum Gasteiger partial charge on any atom is 0.249 e. The summed E-state index contributed by atoms with van der Waals surface area (Å²) in [6.45, 7) is 3.65. The van der Waals surface area contributed by atoms with Crippen LogP contribution in [0.4, 0.5) is 0 Å². The fourth-order valence-corrected chi connectivity index (χ4v) is 7.86. The zero-order valence-electron chi connectivity index (χ0n) is 37.9. The van der Waals surface area contributed by atoms with Gasteiger partial charge in [-0.25, -0.2) is 0 Å². The summed E-state index contributed by atoms with van der Waals surface area (Å²) < 4.78 is 11.2. The summed E-state index contributed by atoms with van der Waals surface area (Å²) >= 11 is 0. The molecule has 7 N–H and O–H groups in total. The number of ether oxygens (including phenoxy) is 2. The van der Waals surface area contributed by atoms with Crippen molar-refractivity contribution in [3.63, 3.8) is 0 Å². The van der Waals surface area contributed by atoms with Gasteiger partial charge < -0.3 is 45.4 Å². The topological polar surface area (TPSA) is 169 Å². The minimum atomic E-state index is -1.60. The van der Waals surface area contributed by atoms with E-state index < -0.39 is 61.5 Å². The first-order valence-corrected chi connectivity index (χ1v) is 24.7. The number of amides is 1. The minimum Gasteiger partial charge on any atom is -0.394 e. The molecule has 0 bridgehead atoms. The van der Waals surface area contributed by atoms with Gasteiger partial charge in [-0.2, -0.15) is 0 Å². The molecule has 1 heterocycles. The van der Waals surface area contributed by atoms with E-state index in [2.05, 4.69) is 43.5 Å². The quantitative estimate of drug-likeness (QED) is 0.0234. The van der Waals surface area contributed by atoms with Crippen LogP contribution < -0.4 is 5.32 Å². The number of aliphatic hydroxyl groups is 6. The number of allylic oxidation sites excluding steroid dienone is 4. The van der Waals surface area contributed by atoms with Gasteiger partial charge in [0.1, 0.15) is 30.5 Å². The fourth-order valence-electron chi connectivity index (χ4n) is 7.86. The van der Waals surface area contributed by atoms with Crippen LogP contribution in [-0.2, 0) is 14.3 Å². The van der Waals surface area contributed by atoms with Crippen molar-refractivity contribution in [1.82, 2.24) is 5.32 Å². The lowest BCUT2D eigenvalue weighted by Crippen LogP contribution is -2.60. The summed E-state index contributed by atoms with van der Waals surface area (Å²) in [7, 11) is 0. The predicted octanol–water partition coefficient (Wildman–Crippen LogP) is 9.64. The number of unbranched alkanes of at least 4 members (excludes halogenated alkanes) is 27. The molecule has 348 valence electrons. The standard InChI is InChI=1S/C49H93NO9/c1-3-5-7-9-11-13-15-17-19-21-22-24-26-28-30-32-34-36-38-43(53)48(57)50-41(40-58-49-47(56)46(55)45(54)44(39-51)59-49)42(52)37-35-33-31-29-27-25-23-20-18-16-14-12-10-8-6-4-2/h11,13,15,17,41-47,49,51-56H,3-10,12,14,16,18-40H2,1-2H3,(H,50,57)/b13-11-,17-15-. The summed E-state index contributed by atoms with van der Waals surface area (Å²) in [6, 6.07) is -0.894. The largest absolute Gasteiger partial charge is 0.394 e. The van der Waals surface area contributed by atoms with E-state index in [1.54, 1.807) is 0 Å². The molecule has 1 fully saturated rings. The van der Waals surface area contributed by atoms with Crippen LogP contribution in [0.3, 0.4) is 0 Å². The van der Waals surface area contributed by atoms with Gasteiger partial charge in [-0.1, -0.05) is 205 Å². The lowest BCUT2D eigenvalue weighted by molar-refractivity contribution is -0.302. The first-order chi connectivity index (χ1) is 28.8. The zero-order chi connectivity index (χ0) is 43.2. The van der Waals surface area contributed by atoms with E-state index in [4.69, 9.17) is 9.47 Å². The lowest BCUT2D eigenvalue weighted by Gasteiger charge is -2.40. The summed E-state index contributed by atoms with van der Waals surface area (Å²) in [5.41, 5.74) is 0. The third-order valence-electron chi connectivity index (χ3n) is 11.9.